The van der Waals surface area contributed by atoms with Gasteiger partial charge in [0.25, 0.3) is 0 Å². The summed E-state index contributed by atoms with van der Waals surface area (Å²) in [7, 11) is 0. The number of nitrogens with two attached hydrogens (primary N) is 1. The summed E-state index contributed by atoms with van der Waals surface area (Å²) >= 11 is 6.27. The molecule has 1 fully saturated rings. The van der Waals surface area contributed by atoms with Crippen LogP contribution in [0.25, 0.3) is 0 Å². The van der Waals surface area contributed by atoms with Gasteiger partial charge in [-0.05, 0) is 49.3 Å². The summed E-state index contributed by atoms with van der Waals surface area (Å²) in [6.45, 7) is 2.06. The van der Waals surface area contributed by atoms with Crippen molar-refractivity contribution in [1.29, 1.82) is 0 Å². The molecular formula is C14H21ClN2. The second kappa shape index (κ2) is 5.85. The molecule has 1 aromatic carbocycles. The number of benzene rings is 1. The molecule has 1 aliphatic carbocycles. The molecular weight excluding hydrogens is 232 g/mol. The summed E-state index contributed by atoms with van der Waals surface area (Å²) in [6, 6.07) is 6.62. The highest BCUT2D eigenvalue weighted by Crippen LogP contribution is 2.30. The SMILES string of the molecule is Cc1ccc(CC(NN)C2CCCC2)c(Cl)c1. The number of hydrazine groups is 1. The van der Waals surface area contributed by atoms with Gasteiger partial charge in [0.1, 0.15) is 0 Å². The molecule has 0 saturated heterocycles. The van der Waals surface area contributed by atoms with Crippen molar-refractivity contribution in [3.63, 3.8) is 0 Å². The molecule has 0 amide bonds. The van der Waals surface area contributed by atoms with Crippen LogP contribution in [0.15, 0.2) is 18.2 Å². The van der Waals surface area contributed by atoms with E-state index >= 15 is 0 Å². The zero-order valence-corrected chi connectivity index (χ0v) is 11.1. The second-order valence-corrected chi connectivity index (χ2v) is 5.52. The molecule has 17 heavy (non-hydrogen) atoms. The lowest BCUT2D eigenvalue weighted by atomic mass is 9.92. The maximum absolute atomic E-state index is 6.27. The Balaban J connectivity index is 2.06. The molecule has 1 aromatic rings. The summed E-state index contributed by atoms with van der Waals surface area (Å²) in [4.78, 5) is 0. The van der Waals surface area contributed by atoms with Crippen LogP contribution in [0.4, 0.5) is 0 Å². The summed E-state index contributed by atoms with van der Waals surface area (Å²) in [5.74, 6) is 6.39. The molecule has 0 aromatic heterocycles. The van der Waals surface area contributed by atoms with Gasteiger partial charge in [0.05, 0.1) is 0 Å². The lowest BCUT2D eigenvalue weighted by Crippen LogP contribution is -2.41. The lowest BCUT2D eigenvalue weighted by Gasteiger charge is -2.23. The first-order valence-electron chi connectivity index (χ1n) is 6.42. The van der Waals surface area contributed by atoms with E-state index in [0.717, 1.165) is 11.4 Å². The average Bonchev–Trinajstić information content (AvgIpc) is 2.81. The molecule has 1 atom stereocenters. The van der Waals surface area contributed by atoms with E-state index in [-0.39, 0.29) is 0 Å². The van der Waals surface area contributed by atoms with E-state index in [0.29, 0.717) is 12.0 Å². The largest absolute Gasteiger partial charge is 0.271 e. The van der Waals surface area contributed by atoms with Gasteiger partial charge in [-0.3, -0.25) is 11.3 Å². The van der Waals surface area contributed by atoms with Crippen molar-refractivity contribution in [2.75, 3.05) is 0 Å². The maximum atomic E-state index is 6.27. The van der Waals surface area contributed by atoms with Gasteiger partial charge in [-0.25, -0.2) is 0 Å². The molecule has 2 nitrogen and oxygen atoms in total. The van der Waals surface area contributed by atoms with Gasteiger partial charge in [0.2, 0.25) is 0 Å². The van der Waals surface area contributed by atoms with E-state index < -0.39 is 0 Å². The van der Waals surface area contributed by atoms with Gasteiger partial charge in [-0.15, -0.1) is 0 Å². The van der Waals surface area contributed by atoms with Crippen LogP contribution in [-0.4, -0.2) is 6.04 Å². The first-order valence-corrected chi connectivity index (χ1v) is 6.79. The molecule has 0 aliphatic heterocycles. The van der Waals surface area contributed by atoms with Crippen molar-refractivity contribution < 1.29 is 0 Å². The third-order valence-corrected chi connectivity index (χ3v) is 4.18. The van der Waals surface area contributed by atoms with Crippen LogP contribution in [-0.2, 0) is 6.42 Å². The fraction of sp³-hybridized carbons (Fsp3) is 0.571. The Hall–Kier alpha value is -0.570. The molecule has 1 saturated carbocycles. The Kier molecular flexibility index (Phi) is 4.43. The minimum Gasteiger partial charge on any atom is -0.271 e. The number of rotatable bonds is 4. The lowest BCUT2D eigenvalue weighted by molar-refractivity contribution is 0.361. The van der Waals surface area contributed by atoms with Gasteiger partial charge in [0.15, 0.2) is 0 Å². The van der Waals surface area contributed by atoms with Crippen molar-refractivity contribution in [2.24, 2.45) is 11.8 Å². The second-order valence-electron chi connectivity index (χ2n) is 5.12. The predicted octanol–water partition coefficient (Wildman–Crippen LogP) is 3.21. The number of aryl methyl sites for hydroxylation is 1. The fourth-order valence-corrected chi connectivity index (χ4v) is 3.09. The molecule has 0 spiro atoms. The highest BCUT2D eigenvalue weighted by atomic mass is 35.5. The summed E-state index contributed by atoms with van der Waals surface area (Å²) in [5.41, 5.74) is 5.38. The maximum Gasteiger partial charge on any atom is 0.0441 e. The molecule has 1 aliphatic rings. The minimum absolute atomic E-state index is 0.359. The van der Waals surface area contributed by atoms with Crippen molar-refractivity contribution in [2.45, 2.75) is 45.1 Å². The summed E-state index contributed by atoms with van der Waals surface area (Å²) in [5, 5.41) is 0.864. The minimum atomic E-state index is 0.359. The quantitative estimate of drug-likeness (QED) is 0.638. The van der Waals surface area contributed by atoms with Crippen molar-refractivity contribution in [3.05, 3.63) is 34.3 Å². The number of nitrogens with one attached hydrogen (secondary N) is 1. The van der Waals surface area contributed by atoms with Crippen LogP contribution < -0.4 is 11.3 Å². The van der Waals surface area contributed by atoms with Crippen molar-refractivity contribution >= 4 is 11.6 Å². The Morgan fingerprint density at radius 3 is 2.71 bits per heavy atom. The van der Waals surface area contributed by atoms with E-state index in [1.807, 2.05) is 6.07 Å². The highest BCUT2D eigenvalue weighted by molar-refractivity contribution is 6.31. The third-order valence-electron chi connectivity index (χ3n) is 3.83. The van der Waals surface area contributed by atoms with Crippen LogP contribution >= 0.6 is 11.6 Å². The van der Waals surface area contributed by atoms with E-state index in [1.165, 1.54) is 36.8 Å². The van der Waals surface area contributed by atoms with Crippen LogP contribution in [0.1, 0.15) is 36.8 Å². The van der Waals surface area contributed by atoms with Crippen LogP contribution in [0.3, 0.4) is 0 Å². The Labute approximate surface area is 109 Å². The standard InChI is InChI=1S/C14H21ClN2/c1-10-6-7-12(13(15)8-10)9-14(17-16)11-4-2-3-5-11/h6-8,11,14,17H,2-5,9,16H2,1H3. The van der Waals surface area contributed by atoms with E-state index in [4.69, 9.17) is 17.4 Å². The van der Waals surface area contributed by atoms with Crippen molar-refractivity contribution in [3.8, 4) is 0 Å². The zero-order valence-electron chi connectivity index (χ0n) is 10.4. The van der Waals surface area contributed by atoms with Crippen molar-refractivity contribution in [1.82, 2.24) is 5.43 Å². The van der Waals surface area contributed by atoms with E-state index in [9.17, 15) is 0 Å². The summed E-state index contributed by atoms with van der Waals surface area (Å²) < 4.78 is 0. The third kappa shape index (κ3) is 3.21. The van der Waals surface area contributed by atoms with E-state index in [1.54, 1.807) is 0 Å². The number of hydrogen-bond donors (Lipinski definition) is 2. The summed E-state index contributed by atoms with van der Waals surface area (Å²) in [6.07, 6.45) is 6.19. The Morgan fingerprint density at radius 2 is 2.12 bits per heavy atom. The molecule has 0 radical (unpaired) electrons. The van der Waals surface area contributed by atoms with Gasteiger partial charge in [0, 0.05) is 11.1 Å². The molecule has 94 valence electrons. The van der Waals surface area contributed by atoms with Gasteiger partial charge in [-0.1, -0.05) is 36.6 Å². The average molecular weight is 253 g/mol. The molecule has 0 bridgehead atoms. The smallest absolute Gasteiger partial charge is 0.0441 e. The van der Waals surface area contributed by atoms with Gasteiger partial charge in [-0.2, -0.15) is 0 Å². The first kappa shape index (κ1) is 12.9. The number of halogens is 1. The predicted molar refractivity (Wildman–Crippen MR) is 73.0 cm³/mol. The van der Waals surface area contributed by atoms with Gasteiger partial charge >= 0.3 is 0 Å². The Morgan fingerprint density at radius 1 is 1.41 bits per heavy atom. The molecule has 1 unspecified atom stereocenters. The molecule has 2 rings (SSSR count). The molecule has 3 heteroatoms. The fourth-order valence-electron chi connectivity index (χ4n) is 2.78. The van der Waals surface area contributed by atoms with Gasteiger partial charge < -0.3 is 0 Å². The van der Waals surface area contributed by atoms with Crippen LogP contribution in [0.5, 0.6) is 0 Å². The topological polar surface area (TPSA) is 38.0 Å². The Bertz CT molecular complexity index is 372. The molecule has 0 heterocycles. The zero-order chi connectivity index (χ0) is 12.3. The monoisotopic (exact) mass is 252 g/mol. The molecule has 3 N–H and O–H groups in total. The number of hydrogen-bond acceptors (Lipinski definition) is 2. The van der Waals surface area contributed by atoms with Crippen LogP contribution in [0.2, 0.25) is 5.02 Å². The van der Waals surface area contributed by atoms with E-state index in [2.05, 4.69) is 24.5 Å². The van der Waals surface area contributed by atoms with Crippen LogP contribution in [0, 0.1) is 12.8 Å². The highest BCUT2D eigenvalue weighted by Gasteiger charge is 2.24. The normalized spacial score (nSPS) is 18.5. The first-order chi connectivity index (χ1) is 8.20.